The molecule has 0 spiro atoms. The van der Waals surface area contributed by atoms with E-state index in [1.54, 1.807) is 0 Å². The average molecular weight is 233 g/mol. The molecule has 2 N–H and O–H groups in total. The highest BCUT2D eigenvalue weighted by molar-refractivity contribution is 5.56. The molecule has 4 nitrogen and oxygen atoms in total. The molecule has 0 amide bonds. The van der Waals surface area contributed by atoms with Crippen LogP contribution in [0.25, 0.3) is 0 Å². The number of aliphatic hydroxyl groups excluding tert-OH is 1. The average Bonchev–Trinajstić information content (AvgIpc) is 2.25. The Morgan fingerprint density at radius 3 is 2.82 bits per heavy atom. The molecule has 1 heterocycles. The van der Waals surface area contributed by atoms with Crippen LogP contribution in [-0.4, -0.2) is 22.7 Å². The molecule has 0 saturated carbocycles. The van der Waals surface area contributed by atoms with Gasteiger partial charge in [-0.15, -0.1) is 0 Å². The van der Waals surface area contributed by atoms with Crippen molar-refractivity contribution >= 4 is 5.82 Å². The number of hydrogen-bond donors (Lipinski definition) is 2. The van der Waals surface area contributed by atoms with Crippen LogP contribution in [0.3, 0.4) is 0 Å². The highest BCUT2D eigenvalue weighted by atomic mass is 16.2. The van der Waals surface area contributed by atoms with Gasteiger partial charge in [-0.1, -0.05) is 0 Å². The number of nitrogens with zero attached hydrogens (tertiary/aromatic N) is 2. The highest BCUT2D eigenvalue weighted by Crippen LogP contribution is 2.19. The molecule has 4 heteroatoms. The highest BCUT2D eigenvalue weighted by Gasteiger charge is 2.10. The summed E-state index contributed by atoms with van der Waals surface area (Å²) in [4.78, 5) is 4.36. The normalized spacial score (nSPS) is 11.9. The van der Waals surface area contributed by atoms with E-state index in [2.05, 4.69) is 16.4 Å². The number of nitriles is 1. The van der Waals surface area contributed by atoms with Crippen LogP contribution >= 0.6 is 0 Å². The maximum absolute atomic E-state index is 9.11. The number of aryl methyl sites for hydroxylation is 2. The smallest absolute Gasteiger partial charge is 0.144 e. The first-order valence-electron chi connectivity index (χ1n) is 5.84. The minimum absolute atomic E-state index is 0.192. The second-order valence-electron chi connectivity index (χ2n) is 4.33. The standard InChI is InChI=1S/C13H19N3O/c1-9-7-11(3)16-13(12(9)8-14)15-10(2)5-4-6-17/h7,10,17H,4-6H2,1-3H3,(H,15,16). The first-order chi connectivity index (χ1) is 8.08. The van der Waals surface area contributed by atoms with Crippen LogP contribution in [0.5, 0.6) is 0 Å². The molecule has 0 bridgehead atoms. The van der Waals surface area contributed by atoms with E-state index >= 15 is 0 Å². The molecule has 0 fully saturated rings. The fraction of sp³-hybridized carbons (Fsp3) is 0.538. The molecule has 0 aliphatic heterocycles. The molecule has 0 saturated heterocycles. The molecule has 17 heavy (non-hydrogen) atoms. The predicted octanol–water partition coefficient (Wildman–Crippen LogP) is 2.14. The number of rotatable bonds is 5. The van der Waals surface area contributed by atoms with Crippen LogP contribution in [0.1, 0.15) is 36.6 Å². The Labute approximate surface area is 102 Å². The number of pyridine rings is 1. The molecule has 1 atom stereocenters. The van der Waals surface area contributed by atoms with Gasteiger partial charge in [0.25, 0.3) is 0 Å². The zero-order chi connectivity index (χ0) is 12.8. The van der Waals surface area contributed by atoms with Gasteiger partial charge in [-0.05, 0) is 45.2 Å². The lowest BCUT2D eigenvalue weighted by molar-refractivity contribution is 0.282. The van der Waals surface area contributed by atoms with Crippen molar-refractivity contribution in [2.45, 2.75) is 39.7 Å². The summed E-state index contributed by atoms with van der Waals surface area (Å²) in [6, 6.07) is 4.28. The number of hydrogen-bond acceptors (Lipinski definition) is 4. The molecular formula is C13H19N3O. The van der Waals surface area contributed by atoms with E-state index in [1.165, 1.54) is 0 Å². The van der Waals surface area contributed by atoms with E-state index in [-0.39, 0.29) is 12.6 Å². The molecule has 0 radical (unpaired) electrons. The second-order valence-corrected chi connectivity index (χ2v) is 4.33. The molecule has 0 aromatic carbocycles. The number of aromatic nitrogens is 1. The van der Waals surface area contributed by atoms with Crippen LogP contribution in [0.2, 0.25) is 0 Å². The molecule has 92 valence electrons. The largest absolute Gasteiger partial charge is 0.396 e. The van der Waals surface area contributed by atoms with Gasteiger partial charge in [0.1, 0.15) is 11.9 Å². The van der Waals surface area contributed by atoms with Gasteiger partial charge in [0.15, 0.2) is 0 Å². The SMILES string of the molecule is Cc1cc(C)c(C#N)c(NC(C)CCCO)n1. The molecule has 1 aromatic heterocycles. The topological polar surface area (TPSA) is 68.9 Å². The number of nitrogens with one attached hydrogen (secondary N) is 1. The van der Waals surface area contributed by atoms with Crippen LogP contribution in [0.4, 0.5) is 5.82 Å². The van der Waals surface area contributed by atoms with Crippen molar-refractivity contribution in [2.75, 3.05) is 11.9 Å². The summed E-state index contributed by atoms with van der Waals surface area (Å²) in [7, 11) is 0. The molecular weight excluding hydrogens is 214 g/mol. The number of anilines is 1. The zero-order valence-corrected chi connectivity index (χ0v) is 10.6. The van der Waals surface area contributed by atoms with Gasteiger partial charge in [-0.3, -0.25) is 0 Å². The quantitative estimate of drug-likeness (QED) is 0.817. The summed E-state index contributed by atoms with van der Waals surface area (Å²) in [5.41, 5.74) is 2.45. The first kappa shape index (κ1) is 13.5. The molecule has 0 aliphatic carbocycles. The lowest BCUT2D eigenvalue weighted by atomic mass is 10.1. The minimum atomic E-state index is 0.192. The van der Waals surface area contributed by atoms with Gasteiger partial charge in [-0.25, -0.2) is 4.98 Å². The van der Waals surface area contributed by atoms with Crippen molar-refractivity contribution in [1.29, 1.82) is 5.26 Å². The maximum Gasteiger partial charge on any atom is 0.144 e. The zero-order valence-electron chi connectivity index (χ0n) is 10.6. The van der Waals surface area contributed by atoms with Crippen molar-refractivity contribution in [3.8, 4) is 6.07 Å². The lowest BCUT2D eigenvalue weighted by Gasteiger charge is -2.16. The molecule has 1 aromatic rings. The summed E-state index contributed by atoms with van der Waals surface area (Å²) in [6.07, 6.45) is 1.61. The van der Waals surface area contributed by atoms with E-state index in [4.69, 9.17) is 10.4 Å². The third kappa shape index (κ3) is 3.72. The Balaban J connectivity index is 2.86. The Kier molecular flexibility index (Phi) is 4.92. The fourth-order valence-electron chi connectivity index (χ4n) is 1.79. The van der Waals surface area contributed by atoms with E-state index in [1.807, 2.05) is 26.8 Å². The van der Waals surface area contributed by atoms with Gasteiger partial charge >= 0.3 is 0 Å². The number of aliphatic hydroxyl groups is 1. The first-order valence-corrected chi connectivity index (χ1v) is 5.84. The van der Waals surface area contributed by atoms with Crippen molar-refractivity contribution in [1.82, 2.24) is 4.98 Å². The van der Waals surface area contributed by atoms with Crippen LogP contribution in [-0.2, 0) is 0 Å². The summed E-state index contributed by atoms with van der Waals surface area (Å²) in [5, 5.41) is 21.1. The van der Waals surface area contributed by atoms with E-state index < -0.39 is 0 Å². The molecule has 0 aliphatic rings. The Morgan fingerprint density at radius 2 is 2.24 bits per heavy atom. The van der Waals surface area contributed by atoms with Crippen molar-refractivity contribution in [3.63, 3.8) is 0 Å². The van der Waals surface area contributed by atoms with E-state index in [0.717, 1.165) is 24.1 Å². The second kappa shape index (κ2) is 6.21. The molecule has 1 rings (SSSR count). The van der Waals surface area contributed by atoms with E-state index in [0.29, 0.717) is 11.4 Å². The van der Waals surface area contributed by atoms with Gasteiger partial charge < -0.3 is 10.4 Å². The van der Waals surface area contributed by atoms with Crippen molar-refractivity contribution in [3.05, 3.63) is 22.9 Å². The Morgan fingerprint density at radius 1 is 1.53 bits per heavy atom. The third-order valence-corrected chi connectivity index (χ3v) is 2.63. The van der Waals surface area contributed by atoms with Gasteiger partial charge in [0, 0.05) is 18.3 Å². The Bertz CT molecular complexity index is 423. The van der Waals surface area contributed by atoms with Crippen molar-refractivity contribution in [2.24, 2.45) is 0 Å². The summed E-state index contributed by atoms with van der Waals surface area (Å²) in [6.45, 7) is 6.04. The maximum atomic E-state index is 9.11. The predicted molar refractivity (Wildman–Crippen MR) is 67.8 cm³/mol. The summed E-state index contributed by atoms with van der Waals surface area (Å²) in [5.74, 6) is 0.649. The fourth-order valence-corrected chi connectivity index (χ4v) is 1.79. The molecule has 1 unspecified atom stereocenters. The van der Waals surface area contributed by atoms with Gasteiger partial charge in [0.2, 0.25) is 0 Å². The van der Waals surface area contributed by atoms with Crippen LogP contribution < -0.4 is 5.32 Å². The van der Waals surface area contributed by atoms with Crippen LogP contribution in [0.15, 0.2) is 6.07 Å². The van der Waals surface area contributed by atoms with Gasteiger partial charge in [-0.2, -0.15) is 5.26 Å². The van der Waals surface area contributed by atoms with Crippen LogP contribution in [0, 0.1) is 25.2 Å². The van der Waals surface area contributed by atoms with E-state index in [9.17, 15) is 0 Å². The lowest BCUT2D eigenvalue weighted by Crippen LogP contribution is -2.18. The minimum Gasteiger partial charge on any atom is -0.396 e. The third-order valence-electron chi connectivity index (χ3n) is 2.63. The van der Waals surface area contributed by atoms with Gasteiger partial charge in [0.05, 0.1) is 5.56 Å². The van der Waals surface area contributed by atoms with Crippen molar-refractivity contribution < 1.29 is 5.11 Å². The Hall–Kier alpha value is -1.60. The monoisotopic (exact) mass is 233 g/mol. The summed E-state index contributed by atoms with van der Waals surface area (Å²) < 4.78 is 0. The summed E-state index contributed by atoms with van der Waals surface area (Å²) >= 11 is 0.